The third-order valence-electron chi connectivity index (χ3n) is 2.49. The molecule has 0 aromatic carbocycles. The van der Waals surface area contributed by atoms with E-state index in [0.717, 1.165) is 12.2 Å². The fraction of sp³-hybridized carbons (Fsp3) is 0.727. The molecule has 2 rings (SSSR count). The summed E-state index contributed by atoms with van der Waals surface area (Å²) in [6.07, 6.45) is 4.32. The maximum atomic E-state index is 11.5. The summed E-state index contributed by atoms with van der Waals surface area (Å²) < 4.78 is 1.57. The molecule has 1 amide bonds. The van der Waals surface area contributed by atoms with Gasteiger partial charge in [-0.15, -0.1) is 5.10 Å². The molecule has 17 heavy (non-hydrogen) atoms. The van der Waals surface area contributed by atoms with Crippen LogP contribution in [-0.4, -0.2) is 33.0 Å². The van der Waals surface area contributed by atoms with E-state index in [1.807, 2.05) is 20.0 Å². The van der Waals surface area contributed by atoms with Crippen molar-refractivity contribution in [3.05, 3.63) is 11.9 Å². The van der Waals surface area contributed by atoms with Crippen LogP contribution >= 0.6 is 0 Å². The molecule has 2 N–H and O–H groups in total. The Morgan fingerprint density at radius 2 is 2.35 bits per heavy atom. The summed E-state index contributed by atoms with van der Waals surface area (Å²) >= 11 is 0. The zero-order valence-corrected chi connectivity index (χ0v) is 10.3. The molecular weight excluding hydrogens is 218 g/mol. The van der Waals surface area contributed by atoms with Crippen LogP contribution in [0.4, 0.5) is 0 Å². The van der Waals surface area contributed by atoms with Gasteiger partial charge in [-0.05, 0) is 26.7 Å². The number of aromatic nitrogens is 3. The van der Waals surface area contributed by atoms with Crippen LogP contribution in [0.1, 0.15) is 32.4 Å². The summed E-state index contributed by atoms with van der Waals surface area (Å²) in [7, 11) is 0. The number of hydrogen-bond acceptors (Lipinski definition) is 4. The monoisotopic (exact) mass is 237 g/mol. The molecule has 1 aliphatic carbocycles. The van der Waals surface area contributed by atoms with Gasteiger partial charge in [-0.3, -0.25) is 4.79 Å². The highest BCUT2D eigenvalue weighted by atomic mass is 16.2. The zero-order chi connectivity index (χ0) is 12.3. The zero-order valence-electron chi connectivity index (χ0n) is 10.3. The third-order valence-corrected chi connectivity index (χ3v) is 2.49. The van der Waals surface area contributed by atoms with Crippen LogP contribution in [0.2, 0.25) is 0 Å². The lowest BCUT2D eigenvalue weighted by molar-refractivity contribution is -0.122. The van der Waals surface area contributed by atoms with E-state index < -0.39 is 0 Å². The van der Waals surface area contributed by atoms with Gasteiger partial charge < -0.3 is 10.6 Å². The molecule has 1 saturated carbocycles. The number of nitrogens with one attached hydrogen (secondary N) is 2. The normalized spacial score (nSPS) is 15.2. The molecule has 6 heteroatoms. The second kappa shape index (κ2) is 5.27. The Bertz CT molecular complexity index is 383. The van der Waals surface area contributed by atoms with Crippen molar-refractivity contribution in [2.75, 3.05) is 0 Å². The Morgan fingerprint density at radius 1 is 1.59 bits per heavy atom. The van der Waals surface area contributed by atoms with Gasteiger partial charge in [0.1, 0.15) is 6.54 Å². The lowest BCUT2D eigenvalue weighted by atomic mass is 10.4. The number of carbonyl (C=O) groups is 1. The molecule has 1 aliphatic rings. The smallest absolute Gasteiger partial charge is 0.241 e. The Labute approximate surface area is 101 Å². The topological polar surface area (TPSA) is 71.8 Å². The minimum atomic E-state index is -0.0356. The SMILES string of the molecule is CC(C)NC(=O)Cn1cc(CNC2CC2)nn1. The van der Waals surface area contributed by atoms with Gasteiger partial charge in [0.25, 0.3) is 0 Å². The van der Waals surface area contributed by atoms with Gasteiger partial charge in [-0.1, -0.05) is 5.21 Å². The number of carbonyl (C=O) groups excluding carboxylic acids is 1. The predicted molar refractivity (Wildman–Crippen MR) is 63.2 cm³/mol. The molecular formula is C11H19N5O. The van der Waals surface area contributed by atoms with Crippen LogP contribution < -0.4 is 10.6 Å². The summed E-state index contributed by atoms with van der Waals surface area (Å²) in [5, 5.41) is 14.1. The largest absolute Gasteiger partial charge is 0.352 e. The van der Waals surface area contributed by atoms with Crippen molar-refractivity contribution in [2.24, 2.45) is 0 Å². The van der Waals surface area contributed by atoms with Crippen molar-refractivity contribution in [3.63, 3.8) is 0 Å². The first-order valence-corrected chi connectivity index (χ1v) is 6.05. The minimum Gasteiger partial charge on any atom is -0.352 e. The van der Waals surface area contributed by atoms with E-state index in [4.69, 9.17) is 0 Å². The van der Waals surface area contributed by atoms with Crippen molar-refractivity contribution < 1.29 is 4.79 Å². The Kier molecular flexibility index (Phi) is 3.73. The van der Waals surface area contributed by atoms with Crippen molar-refractivity contribution in [1.29, 1.82) is 0 Å². The molecule has 94 valence electrons. The van der Waals surface area contributed by atoms with E-state index in [-0.39, 0.29) is 18.5 Å². The Balaban J connectivity index is 1.78. The van der Waals surface area contributed by atoms with Gasteiger partial charge in [0.2, 0.25) is 5.91 Å². The predicted octanol–water partition coefficient (Wildman–Crippen LogP) is 0.0547. The highest BCUT2D eigenvalue weighted by molar-refractivity contribution is 5.75. The molecule has 0 spiro atoms. The van der Waals surface area contributed by atoms with Crippen molar-refractivity contribution >= 4 is 5.91 Å². The second-order valence-corrected chi connectivity index (χ2v) is 4.78. The molecule has 1 fully saturated rings. The van der Waals surface area contributed by atoms with Gasteiger partial charge in [0.05, 0.1) is 11.9 Å². The standard InChI is InChI=1S/C11H19N5O/c1-8(2)13-11(17)7-16-6-10(14-15-16)5-12-9-3-4-9/h6,8-9,12H,3-5,7H2,1-2H3,(H,13,17). The molecule has 0 unspecified atom stereocenters. The molecule has 0 aliphatic heterocycles. The summed E-state index contributed by atoms with van der Waals surface area (Å²) in [5.41, 5.74) is 0.884. The van der Waals surface area contributed by atoms with Crippen LogP contribution in [0.5, 0.6) is 0 Å². The number of hydrogen-bond donors (Lipinski definition) is 2. The summed E-state index contributed by atoms with van der Waals surface area (Å²) in [6.45, 7) is 4.83. The Hall–Kier alpha value is -1.43. The van der Waals surface area contributed by atoms with E-state index in [2.05, 4.69) is 20.9 Å². The summed E-state index contributed by atoms with van der Waals surface area (Å²) in [5.74, 6) is -0.0356. The quantitative estimate of drug-likeness (QED) is 0.733. The van der Waals surface area contributed by atoms with Crippen LogP contribution in [-0.2, 0) is 17.9 Å². The van der Waals surface area contributed by atoms with Gasteiger partial charge in [0, 0.05) is 18.6 Å². The van der Waals surface area contributed by atoms with Crippen molar-refractivity contribution in [2.45, 2.75) is 51.9 Å². The van der Waals surface area contributed by atoms with E-state index in [9.17, 15) is 4.79 Å². The average Bonchev–Trinajstić information content (AvgIpc) is 2.96. The third kappa shape index (κ3) is 4.14. The van der Waals surface area contributed by atoms with E-state index in [1.165, 1.54) is 12.8 Å². The van der Waals surface area contributed by atoms with Crippen molar-refractivity contribution in [1.82, 2.24) is 25.6 Å². The lowest BCUT2D eigenvalue weighted by Crippen LogP contribution is -2.33. The molecule has 1 aromatic rings. The maximum absolute atomic E-state index is 11.5. The summed E-state index contributed by atoms with van der Waals surface area (Å²) in [4.78, 5) is 11.5. The van der Waals surface area contributed by atoms with Crippen molar-refractivity contribution in [3.8, 4) is 0 Å². The highest BCUT2D eigenvalue weighted by Gasteiger charge is 2.20. The van der Waals surface area contributed by atoms with Crippen LogP contribution in [0.25, 0.3) is 0 Å². The molecule has 0 radical (unpaired) electrons. The second-order valence-electron chi connectivity index (χ2n) is 4.78. The van der Waals surface area contributed by atoms with Crippen LogP contribution in [0.15, 0.2) is 6.20 Å². The fourth-order valence-electron chi connectivity index (χ4n) is 1.55. The Morgan fingerprint density at radius 3 is 3.00 bits per heavy atom. The van der Waals surface area contributed by atoms with Crippen LogP contribution in [0.3, 0.4) is 0 Å². The molecule has 0 atom stereocenters. The van der Waals surface area contributed by atoms with E-state index >= 15 is 0 Å². The van der Waals surface area contributed by atoms with E-state index in [1.54, 1.807) is 4.68 Å². The summed E-state index contributed by atoms with van der Waals surface area (Å²) in [6, 6.07) is 0.811. The molecule has 1 heterocycles. The first-order valence-electron chi connectivity index (χ1n) is 6.05. The van der Waals surface area contributed by atoms with Gasteiger partial charge in [-0.2, -0.15) is 0 Å². The first-order chi connectivity index (χ1) is 8.13. The lowest BCUT2D eigenvalue weighted by Gasteiger charge is -2.07. The fourth-order valence-corrected chi connectivity index (χ4v) is 1.55. The molecule has 1 aromatic heterocycles. The van der Waals surface area contributed by atoms with Gasteiger partial charge >= 0.3 is 0 Å². The van der Waals surface area contributed by atoms with Crippen LogP contribution in [0, 0.1) is 0 Å². The van der Waals surface area contributed by atoms with Gasteiger partial charge in [-0.25, -0.2) is 4.68 Å². The maximum Gasteiger partial charge on any atom is 0.241 e. The molecule has 0 saturated heterocycles. The number of nitrogens with zero attached hydrogens (tertiary/aromatic N) is 3. The first kappa shape index (κ1) is 12.0. The number of amides is 1. The average molecular weight is 237 g/mol. The number of rotatable bonds is 6. The molecule has 0 bridgehead atoms. The highest BCUT2D eigenvalue weighted by Crippen LogP contribution is 2.18. The molecule has 6 nitrogen and oxygen atoms in total. The van der Waals surface area contributed by atoms with Gasteiger partial charge in [0.15, 0.2) is 0 Å². The van der Waals surface area contributed by atoms with E-state index in [0.29, 0.717) is 6.04 Å². The minimum absolute atomic E-state index is 0.0356.